The molecule has 1 saturated heterocycles. The molecule has 0 radical (unpaired) electrons. The summed E-state index contributed by atoms with van der Waals surface area (Å²) < 4.78 is 19.5. The van der Waals surface area contributed by atoms with E-state index in [1.807, 2.05) is 24.3 Å². The zero-order valence-corrected chi connectivity index (χ0v) is 20.7. The molecule has 1 aliphatic carbocycles. The molecule has 0 atom stereocenters. The zero-order chi connectivity index (χ0) is 24.5. The Hall–Kier alpha value is -3.64. The van der Waals surface area contributed by atoms with Crippen molar-refractivity contribution in [2.24, 2.45) is 0 Å². The molecule has 6 nitrogen and oxygen atoms in total. The largest absolute Gasteiger partial charge is 0.497 e. The van der Waals surface area contributed by atoms with Gasteiger partial charge in [-0.1, -0.05) is 12.1 Å². The van der Waals surface area contributed by atoms with Gasteiger partial charge >= 0.3 is 0 Å². The highest BCUT2D eigenvalue weighted by Crippen LogP contribution is 2.45. The van der Waals surface area contributed by atoms with Crippen molar-refractivity contribution in [3.63, 3.8) is 0 Å². The number of anilines is 3. The van der Waals surface area contributed by atoms with Gasteiger partial charge in [-0.05, 0) is 67.8 Å². The molecule has 2 heterocycles. The van der Waals surface area contributed by atoms with Crippen LogP contribution in [0.5, 0.6) is 11.5 Å². The number of nitrogen functional groups attached to an aromatic ring is 1. The molecule has 0 spiro atoms. The van der Waals surface area contributed by atoms with Gasteiger partial charge in [0.25, 0.3) is 0 Å². The fourth-order valence-electron chi connectivity index (χ4n) is 5.25. The summed E-state index contributed by atoms with van der Waals surface area (Å²) in [7, 11) is 1.68. The van der Waals surface area contributed by atoms with Crippen LogP contribution in [-0.2, 0) is 4.74 Å². The zero-order valence-electron chi connectivity index (χ0n) is 20.7. The van der Waals surface area contributed by atoms with Gasteiger partial charge < -0.3 is 29.8 Å². The maximum Gasteiger partial charge on any atom is 0.121 e. The third kappa shape index (κ3) is 4.37. The first-order valence-electron chi connectivity index (χ1n) is 12.9. The Morgan fingerprint density at radius 2 is 1.53 bits per heavy atom. The Labute approximate surface area is 212 Å². The van der Waals surface area contributed by atoms with E-state index in [0.717, 1.165) is 76.8 Å². The van der Waals surface area contributed by atoms with E-state index < -0.39 is 0 Å². The predicted octanol–water partition coefficient (Wildman–Crippen LogP) is 6.93. The lowest BCUT2D eigenvalue weighted by Crippen LogP contribution is -2.25. The van der Waals surface area contributed by atoms with Crippen molar-refractivity contribution in [1.82, 2.24) is 4.57 Å². The molecule has 4 aromatic rings. The fraction of sp³-hybridized carbons (Fsp3) is 0.333. The average Bonchev–Trinajstić information content (AvgIpc) is 3.16. The van der Waals surface area contributed by atoms with Crippen molar-refractivity contribution in [1.29, 1.82) is 0 Å². The van der Waals surface area contributed by atoms with Crippen molar-refractivity contribution in [3.8, 4) is 22.8 Å². The number of nitrogens with zero attached hydrogens (tertiary/aromatic N) is 1. The van der Waals surface area contributed by atoms with Gasteiger partial charge in [-0.25, -0.2) is 0 Å². The average molecular weight is 484 g/mol. The summed E-state index contributed by atoms with van der Waals surface area (Å²) in [5.41, 5.74) is 13.1. The van der Waals surface area contributed by atoms with Crippen molar-refractivity contribution in [2.45, 2.75) is 44.2 Å². The molecule has 0 bridgehead atoms. The number of nitrogens with one attached hydrogen (secondary N) is 1. The maximum atomic E-state index is 6.81. The van der Waals surface area contributed by atoms with Gasteiger partial charge in [-0.2, -0.15) is 0 Å². The Morgan fingerprint density at radius 3 is 2.17 bits per heavy atom. The van der Waals surface area contributed by atoms with Gasteiger partial charge in [0.2, 0.25) is 0 Å². The van der Waals surface area contributed by atoms with Crippen LogP contribution in [0, 0.1) is 0 Å². The first kappa shape index (κ1) is 22.8. The summed E-state index contributed by atoms with van der Waals surface area (Å²) in [5, 5.41) is 4.56. The topological polar surface area (TPSA) is 70.7 Å². The highest BCUT2D eigenvalue weighted by atomic mass is 16.5. The number of ether oxygens (including phenoxy) is 3. The fourth-order valence-corrected chi connectivity index (χ4v) is 5.25. The standard InChI is InChI=1S/C30H33N3O3/c1-34-24-11-9-22(10-12-24)32-21-7-5-20(6-8-21)30-29(31)27-14-13-26(36-25-15-17-35-18-16-25)19-28(27)33(30)23-3-2-4-23/h5-14,19,23,25,32H,2-4,15-18,31H2,1H3. The highest BCUT2D eigenvalue weighted by Gasteiger charge is 2.27. The van der Waals surface area contributed by atoms with E-state index in [4.69, 9.17) is 19.9 Å². The third-order valence-corrected chi connectivity index (χ3v) is 7.46. The molecule has 0 unspecified atom stereocenters. The van der Waals surface area contributed by atoms with Gasteiger partial charge in [0.1, 0.15) is 17.6 Å². The predicted molar refractivity (Wildman–Crippen MR) is 145 cm³/mol. The van der Waals surface area contributed by atoms with Crippen LogP contribution in [0.25, 0.3) is 22.2 Å². The maximum absolute atomic E-state index is 6.81. The van der Waals surface area contributed by atoms with Crippen molar-refractivity contribution < 1.29 is 14.2 Å². The minimum absolute atomic E-state index is 0.214. The highest BCUT2D eigenvalue weighted by molar-refractivity contribution is 6.01. The van der Waals surface area contributed by atoms with Crippen LogP contribution in [0.2, 0.25) is 0 Å². The summed E-state index contributed by atoms with van der Waals surface area (Å²) in [6, 6.07) is 23.3. The second-order valence-electron chi connectivity index (χ2n) is 9.76. The number of aromatic nitrogens is 1. The Bertz CT molecular complexity index is 1330. The molecular weight excluding hydrogens is 450 g/mol. The number of nitrogens with two attached hydrogens (primary N) is 1. The molecule has 6 rings (SSSR count). The lowest BCUT2D eigenvalue weighted by molar-refractivity contribution is 0.0256. The summed E-state index contributed by atoms with van der Waals surface area (Å²) in [6.45, 7) is 1.54. The number of benzene rings is 3. The van der Waals surface area contributed by atoms with E-state index >= 15 is 0 Å². The molecule has 36 heavy (non-hydrogen) atoms. The van der Waals surface area contributed by atoms with Crippen LogP contribution in [0.4, 0.5) is 17.1 Å². The van der Waals surface area contributed by atoms with Gasteiger partial charge in [0.05, 0.1) is 37.2 Å². The molecule has 1 saturated carbocycles. The Morgan fingerprint density at radius 1 is 0.861 bits per heavy atom. The van der Waals surface area contributed by atoms with Crippen LogP contribution >= 0.6 is 0 Å². The summed E-state index contributed by atoms with van der Waals surface area (Å²) in [6.07, 6.45) is 5.70. The number of rotatable bonds is 7. The number of fused-ring (bicyclic) bond motifs is 1. The molecule has 2 fully saturated rings. The van der Waals surface area contributed by atoms with Gasteiger partial charge in [-0.3, -0.25) is 0 Å². The second kappa shape index (κ2) is 9.78. The SMILES string of the molecule is COc1ccc(Nc2ccc(-c3c(N)c4ccc(OC5CCOCC5)cc4n3C3CCC3)cc2)cc1. The van der Waals surface area contributed by atoms with Crippen molar-refractivity contribution in [2.75, 3.05) is 31.4 Å². The summed E-state index contributed by atoms with van der Waals surface area (Å²) >= 11 is 0. The first-order chi connectivity index (χ1) is 17.7. The van der Waals surface area contributed by atoms with Gasteiger partial charge in [-0.15, -0.1) is 0 Å². The minimum Gasteiger partial charge on any atom is -0.497 e. The number of methoxy groups -OCH3 is 1. The normalized spacial score (nSPS) is 16.6. The smallest absolute Gasteiger partial charge is 0.121 e. The quantitative estimate of drug-likeness (QED) is 0.298. The van der Waals surface area contributed by atoms with Crippen LogP contribution in [0.1, 0.15) is 38.1 Å². The summed E-state index contributed by atoms with van der Waals surface area (Å²) in [4.78, 5) is 0. The van der Waals surface area contributed by atoms with E-state index in [1.165, 1.54) is 19.3 Å². The molecule has 186 valence electrons. The molecular formula is C30H33N3O3. The van der Waals surface area contributed by atoms with Crippen LogP contribution in [0.3, 0.4) is 0 Å². The lowest BCUT2D eigenvalue weighted by atomic mass is 9.92. The van der Waals surface area contributed by atoms with E-state index in [2.05, 4.69) is 52.3 Å². The molecule has 1 aromatic heterocycles. The number of hydrogen-bond acceptors (Lipinski definition) is 5. The first-order valence-corrected chi connectivity index (χ1v) is 12.9. The second-order valence-corrected chi connectivity index (χ2v) is 9.76. The van der Waals surface area contributed by atoms with Crippen molar-refractivity contribution >= 4 is 28.0 Å². The van der Waals surface area contributed by atoms with Crippen LogP contribution < -0.4 is 20.5 Å². The monoisotopic (exact) mass is 483 g/mol. The Balaban J connectivity index is 1.32. The van der Waals surface area contributed by atoms with E-state index in [9.17, 15) is 0 Å². The van der Waals surface area contributed by atoms with Crippen molar-refractivity contribution in [3.05, 3.63) is 66.7 Å². The van der Waals surface area contributed by atoms with Gasteiger partial charge in [0, 0.05) is 47.3 Å². The lowest BCUT2D eigenvalue weighted by Gasteiger charge is -2.30. The summed E-state index contributed by atoms with van der Waals surface area (Å²) in [5.74, 6) is 1.76. The van der Waals surface area contributed by atoms with E-state index in [-0.39, 0.29) is 6.10 Å². The minimum atomic E-state index is 0.214. The van der Waals surface area contributed by atoms with E-state index in [1.54, 1.807) is 7.11 Å². The molecule has 0 amide bonds. The molecule has 6 heteroatoms. The van der Waals surface area contributed by atoms with Crippen LogP contribution in [0.15, 0.2) is 66.7 Å². The third-order valence-electron chi connectivity index (χ3n) is 7.46. The number of hydrogen-bond donors (Lipinski definition) is 2. The molecule has 1 aliphatic heterocycles. The molecule has 2 aliphatic rings. The molecule has 3 aromatic carbocycles. The van der Waals surface area contributed by atoms with Gasteiger partial charge in [0.15, 0.2) is 0 Å². The molecule has 3 N–H and O–H groups in total. The van der Waals surface area contributed by atoms with E-state index in [0.29, 0.717) is 6.04 Å². The van der Waals surface area contributed by atoms with Crippen LogP contribution in [-0.4, -0.2) is 31.0 Å². The Kier molecular flexibility index (Phi) is 6.20.